The van der Waals surface area contributed by atoms with Crippen LogP contribution in [-0.2, 0) is 11.3 Å². The molecule has 3 rings (SSSR count). The normalized spacial score (nSPS) is 14.3. The van der Waals surface area contributed by atoms with Crippen molar-refractivity contribution in [3.63, 3.8) is 0 Å². The summed E-state index contributed by atoms with van der Waals surface area (Å²) in [5.41, 5.74) is 1.03. The van der Waals surface area contributed by atoms with Gasteiger partial charge in [-0.2, -0.15) is 0 Å². The van der Waals surface area contributed by atoms with Crippen molar-refractivity contribution in [1.82, 2.24) is 20.5 Å². The van der Waals surface area contributed by atoms with Gasteiger partial charge in [-0.15, -0.1) is 24.0 Å². The first-order chi connectivity index (χ1) is 15.8. The molecule has 2 heterocycles. The van der Waals surface area contributed by atoms with Gasteiger partial charge in [-0.3, -0.25) is 4.90 Å². The Bertz CT molecular complexity index is 829. The number of guanidine groups is 1. The van der Waals surface area contributed by atoms with E-state index in [1.54, 1.807) is 6.20 Å². The zero-order valence-corrected chi connectivity index (χ0v) is 21.9. The van der Waals surface area contributed by atoms with Crippen molar-refractivity contribution in [3.05, 3.63) is 48.2 Å². The quantitative estimate of drug-likeness (QED) is 0.185. The van der Waals surface area contributed by atoms with Crippen molar-refractivity contribution >= 4 is 29.9 Å². The van der Waals surface area contributed by atoms with Gasteiger partial charge < -0.3 is 24.8 Å². The number of nitrogens with zero attached hydrogens (tertiary/aromatic N) is 3. The van der Waals surface area contributed by atoms with E-state index in [-0.39, 0.29) is 24.0 Å². The van der Waals surface area contributed by atoms with Gasteiger partial charge in [-0.25, -0.2) is 9.98 Å². The molecule has 1 fully saturated rings. The Labute approximate surface area is 214 Å². The molecule has 1 aliphatic heterocycles. The van der Waals surface area contributed by atoms with Crippen molar-refractivity contribution in [3.8, 4) is 17.4 Å². The van der Waals surface area contributed by atoms with Gasteiger partial charge in [0.15, 0.2) is 5.96 Å². The average molecular weight is 569 g/mol. The Balaban J connectivity index is 0.00000385. The lowest BCUT2D eigenvalue weighted by Gasteiger charge is -2.26. The fourth-order valence-electron chi connectivity index (χ4n) is 3.34. The van der Waals surface area contributed by atoms with Crippen LogP contribution in [0.4, 0.5) is 0 Å². The minimum atomic E-state index is 0. The third-order valence-electron chi connectivity index (χ3n) is 4.97. The Morgan fingerprint density at radius 2 is 1.85 bits per heavy atom. The minimum Gasteiger partial charge on any atom is -0.494 e. The van der Waals surface area contributed by atoms with E-state index in [1.807, 2.05) is 43.3 Å². The molecule has 0 unspecified atom stereocenters. The summed E-state index contributed by atoms with van der Waals surface area (Å²) in [4.78, 5) is 11.5. The first-order valence-electron chi connectivity index (χ1n) is 11.4. The van der Waals surface area contributed by atoms with Crippen LogP contribution < -0.4 is 20.1 Å². The molecular formula is C24H36IN5O3. The number of ether oxygens (including phenoxy) is 3. The van der Waals surface area contributed by atoms with Crippen LogP contribution in [0, 0.1) is 0 Å². The molecule has 1 aliphatic rings. The maximum Gasteiger partial charge on any atom is 0.219 e. The summed E-state index contributed by atoms with van der Waals surface area (Å²) in [6, 6.07) is 11.4. The summed E-state index contributed by atoms with van der Waals surface area (Å²) >= 11 is 0. The molecule has 0 bridgehead atoms. The highest BCUT2D eigenvalue weighted by Gasteiger charge is 2.09. The first kappa shape index (κ1) is 27.1. The van der Waals surface area contributed by atoms with Crippen LogP contribution >= 0.6 is 24.0 Å². The molecule has 1 aromatic heterocycles. The van der Waals surface area contributed by atoms with Gasteiger partial charge in [0.2, 0.25) is 5.88 Å². The fourth-order valence-corrected chi connectivity index (χ4v) is 3.34. The van der Waals surface area contributed by atoms with Crippen LogP contribution in [0.2, 0.25) is 0 Å². The van der Waals surface area contributed by atoms with Crippen LogP contribution in [0.25, 0.3) is 0 Å². The minimum absolute atomic E-state index is 0. The SMILES string of the molecule is CCNC(=NCc1ccnc(Oc2ccc(OCC)cc2)c1)NCCCN1CCOCC1.I. The second-order valence-corrected chi connectivity index (χ2v) is 7.44. The van der Waals surface area contributed by atoms with Crippen LogP contribution in [-0.4, -0.2) is 68.4 Å². The maximum atomic E-state index is 5.88. The number of hydrogen-bond donors (Lipinski definition) is 2. The number of rotatable bonds is 11. The second-order valence-electron chi connectivity index (χ2n) is 7.44. The van der Waals surface area contributed by atoms with Crippen LogP contribution in [0.1, 0.15) is 25.8 Å². The molecule has 2 N–H and O–H groups in total. The second kappa shape index (κ2) is 15.7. The predicted molar refractivity (Wildman–Crippen MR) is 142 cm³/mol. The largest absolute Gasteiger partial charge is 0.494 e. The number of benzene rings is 1. The van der Waals surface area contributed by atoms with Gasteiger partial charge in [0.25, 0.3) is 0 Å². The molecule has 0 spiro atoms. The summed E-state index contributed by atoms with van der Waals surface area (Å²) in [7, 11) is 0. The molecular weight excluding hydrogens is 533 g/mol. The number of halogens is 1. The molecule has 0 amide bonds. The van der Waals surface area contributed by atoms with E-state index in [0.29, 0.717) is 19.0 Å². The van der Waals surface area contributed by atoms with Gasteiger partial charge in [0.1, 0.15) is 11.5 Å². The molecule has 9 heteroatoms. The lowest BCUT2D eigenvalue weighted by atomic mass is 10.2. The van der Waals surface area contributed by atoms with E-state index in [9.17, 15) is 0 Å². The number of pyridine rings is 1. The zero-order valence-electron chi connectivity index (χ0n) is 19.6. The number of aliphatic imine (C=N–C) groups is 1. The highest BCUT2D eigenvalue weighted by molar-refractivity contribution is 14.0. The van der Waals surface area contributed by atoms with E-state index < -0.39 is 0 Å². The van der Waals surface area contributed by atoms with Crippen LogP contribution in [0.3, 0.4) is 0 Å². The van der Waals surface area contributed by atoms with Crippen molar-refractivity contribution < 1.29 is 14.2 Å². The zero-order chi connectivity index (χ0) is 22.4. The summed E-state index contributed by atoms with van der Waals surface area (Å²) in [5, 5.41) is 6.73. The van der Waals surface area contributed by atoms with E-state index in [1.165, 1.54) is 0 Å². The van der Waals surface area contributed by atoms with Crippen molar-refractivity contribution in [2.24, 2.45) is 4.99 Å². The molecule has 2 aromatic rings. The Morgan fingerprint density at radius 1 is 1.09 bits per heavy atom. The van der Waals surface area contributed by atoms with E-state index >= 15 is 0 Å². The molecule has 1 aromatic carbocycles. The smallest absolute Gasteiger partial charge is 0.219 e. The Hall–Kier alpha value is -2.11. The van der Waals surface area contributed by atoms with E-state index in [0.717, 1.165) is 75.4 Å². The predicted octanol–water partition coefficient (Wildman–Crippen LogP) is 3.67. The summed E-state index contributed by atoms with van der Waals surface area (Å²) in [5.74, 6) is 2.91. The molecule has 8 nitrogen and oxygen atoms in total. The lowest BCUT2D eigenvalue weighted by Crippen LogP contribution is -2.40. The molecule has 0 aliphatic carbocycles. The fraction of sp³-hybridized carbons (Fsp3) is 0.500. The lowest BCUT2D eigenvalue weighted by molar-refractivity contribution is 0.0376. The monoisotopic (exact) mass is 569 g/mol. The highest BCUT2D eigenvalue weighted by Crippen LogP contribution is 2.23. The third kappa shape index (κ3) is 10.1. The van der Waals surface area contributed by atoms with E-state index in [4.69, 9.17) is 19.2 Å². The van der Waals surface area contributed by atoms with Gasteiger partial charge in [-0.05, 0) is 62.7 Å². The summed E-state index contributed by atoms with van der Waals surface area (Å²) < 4.78 is 16.7. The molecule has 0 saturated carbocycles. The maximum absolute atomic E-state index is 5.88. The van der Waals surface area contributed by atoms with Crippen molar-refractivity contribution in [2.45, 2.75) is 26.8 Å². The van der Waals surface area contributed by atoms with E-state index in [2.05, 4.69) is 27.4 Å². The number of nitrogens with one attached hydrogen (secondary N) is 2. The molecule has 33 heavy (non-hydrogen) atoms. The highest BCUT2D eigenvalue weighted by atomic mass is 127. The van der Waals surface area contributed by atoms with Gasteiger partial charge >= 0.3 is 0 Å². The van der Waals surface area contributed by atoms with Gasteiger partial charge in [0, 0.05) is 38.4 Å². The standard InChI is InChI=1S/C24H35N5O3.HI/c1-3-25-24(27-11-5-13-29-14-16-30-17-15-29)28-19-20-10-12-26-23(18-20)32-22-8-6-21(7-9-22)31-4-2;/h6-10,12,18H,3-5,11,13-17,19H2,1-2H3,(H2,25,27,28);1H. The Kier molecular flexibility index (Phi) is 12.9. The van der Waals surface area contributed by atoms with Crippen LogP contribution in [0.15, 0.2) is 47.6 Å². The summed E-state index contributed by atoms with van der Waals surface area (Å²) in [6.07, 6.45) is 2.82. The third-order valence-corrected chi connectivity index (χ3v) is 4.97. The van der Waals surface area contributed by atoms with Crippen LogP contribution in [0.5, 0.6) is 17.4 Å². The number of morpholine rings is 1. The van der Waals surface area contributed by atoms with Gasteiger partial charge in [-0.1, -0.05) is 0 Å². The molecule has 0 radical (unpaired) electrons. The average Bonchev–Trinajstić information content (AvgIpc) is 2.82. The number of aromatic nitrogens is 1. The van der Waals surface area contributed by atoms with Gasteiger partial charge in [0.05, 0.1) is 26.4 Å². The first-order valence-corrected chi connectivity index (χ1v) is 11.4. The van der Waals surface area contributed by atoms with Crippen molar-refractivity contribution in [2.75, 3.05) is 52.5 Å². The summed E-state index contributed by atoms with van der Waals surface area (Å²) in [6.45, 7) is 11.7. The Morgan fingerprint density at radius 3 is 2.58 bits per heavy atom. The molecule has 1 saturated heterocycles. The van der Waals surface area contributed by atoms with Crippen molar-refractivity contribution in [1.29, 1.82) is 0 Å². The molecule has 182 valence electrons. The molecule has 0 atom stereocenters. The topological polar surface area (TPSA) is 80.2 Å². The number of hydrogen-bond acceptors (Lipinski definition) is 6.